The van der Waals surface area contributed by atoms with E-state index in [4.69, 9.17) is 23.9 Å². The number of carbonyl (C=O) groups excluding carboxylic acids is 3. The van der Waals surface area contributed by atoms with Gasteiger partial charge in [-0.25, -0.2) is 14.6 Å². The minimum atomic E-state index is -0.834. The first-order valence-corrected chi connectivity index (χ1v) is 23.5. The van der Waals surface area contributed by atoms with Crippen LogP contribution in [-0.2, 0) is 39.3 Å². The summed E-state index contributed by atoms with van der Waals surface area (Å²) in [5.74, 6) is 2.94. The molecule has 0 radical (unpaired) electrons. The lowest BCUT2D eigenvalue weighted by atomic mass is 9.58. The van der Waals surface area contributed by atoms with Gasteiger partial charge in [-0.3, -0.25) is 24.3 Å². The fourth-order valence-electron chi connectivity index (χ4n) is 11.6. The molecule has 1 aliphatic carbocycles. The van der Waals surface area contributed by atoms with Gasteiger partial charge >= 0.3 is 0 Å². The summed E-state index contributed by atoms with van der Waals surface area (Å²) in [6.45, 7) is 7.41. The van der Waals surface area contributed by atoms with Gasteiger partial charge in [0.05, 0.1) is 52.1 Å². The van der Waals surface area contributed by atoms with Gasteiger partial charge < -0.3 is 38.5 Å². The molecule has 0 bridgehead atoms. The van der Waals surface area contributed by atoms with Crippen molar-refractivity contribution in [3.05, 3.63) is 89.1 Å². The quantitative estimate of drug-likeness (QED) is 0.141. The van der Waals surface area contributed by atoms with Crippen molar-refractivity contribution in [1.82, 2.24) is 44.3 Å². The monoisotopic (exact) mass is 914 g/mol. The molecular formula is C50H62N10O7. The Morgan fingerprint density at radius 3 is 2.25 bits per heavy atom. The van der Waals surface area contributed by atoms with Crippen molar-refractivity contribution in [2.24, 2.45) is 11.8 Å². The largest absolute Gasteiger partial charge is 0.493 e. The zero-order valence-corrected chi connectivity index (χ0v) is 39.5. The van der Waals surface area contributed by atoms with Crippen LogP contribution in [-0.4, -0.2) is 150 Å². The number of ether oxygens (including phenoxy) is 4. The smallest absolute Gasteiger partial charge is 0.225 e. The molecule has 1 saturated carbocycles. The third-order valence-corrected chi connectivity index (χ3v) is 14.9. The van der Waals surface area contributed by atoms with Crippen LogP contribution in [0.5, 0.6) is 23.0 Å². The standard InChI is InChI=1S/C50H62N10O7/c1-7-56-18-11-34-25-41(64-3)43(66-5)27-37(34)46(56)40-24-36(8-14-50(40)39-28-44(67-6)42(65-4)26-35(39)12-19-59(50)45(62)13-17-55(2)32-61)49(63)58-22-20-57(21-23-58)47-38-29-54-60(48(38)53-31-52-47)30-33-9-15-51-16-10-33/h9-10,15-16,25-29,31-32,36,40,46H,7-8,11-14,17-24,30H2,1-6H3. The minimum Gasteiger partial charge on any atom is -0.493 e. The van der Waals surface area contributed by atoms with Crippen molar-refractivity contribution in [3.63, 3.8) is 0 Å². The summed E-state index contributed by atoms with van der Waals surface area (Å²) >= 11 is 0. The summed E-state index contributed by atoms with van der Waals surface area (Å²) in [5.41, 5.74) is 5.42. The van der Waals surface area contributed by atoms with Crippen molar-refractivity contribution >= 4 is 35.1 Å². The maximum atomic E-state index is 15.2. The van der Waals surface area contributed by atoms with Crippen LogP contribution in [0.25, 0.3) is 11.0 Å². The predicted octanol–water partition coefficient (Wildman–Crippen LogP) is 4.75. The Bertz CT molecular complexity index is 2600. The lowest BCUT2D eigenvalue weighted by molar-refractivity contribution is -0.153. The zero-order valence-electron chi connectivity index (χ0n) is 39.5. The van der Waals surface area contributed by atoms with Gasteiger partial charge in [-0.15, -0.1) is 0 Å². The molecule has 3 aromatic heterocycles. The molecular weight excluding hydrogens is 853 g/mol. The van der Waals surface area contributed by atoms with Crippen LogP contribution in [0.4, 0.5) is 5.82 Å². The molecule has 5 aromatic rings. The molecule has 4 aliphatic rings. The predicted molar refractivity (Wildman–Crippen MR) is 251 cm³/mol. The number of methoxy groups -OCH3 is 4. The number of hydrogen-bond acceptors (Lipinski definition) is 13. The fraction of sp³-hybridized carbons (Fsp3) is 0.500. The van der Waals surface area contributed by atoms with E-state index in [2.05, 4.69) is 61.0 Å². The van der Waals surface area contributed by atoms with Gasteiger partial charge in [0.1, 0.15) is 12.1 Å². The van der Waals surface area contributed by atoms with Gasteiger partial charge in [0.2, 0.25) is 18.2 Å². The Labute approximate surface area is 391 Å². The number of likely N-dealkylation sites (N-methyl/N-ethyl adjacent to an activating group) is 1. The summed E-state index contributed by atoms with van der Waals surface area (Å²) in [6, 6.07) is 12.1. The van der Waals surface area contributed by atoms with Gasteiger partial charge in [0.25, 0.3) is 0 Å². The number of amides is 3. The van der Waals surface area contributed by atoms with Crippen LogP contribution in [0.2, 0.25) is 0 Å². The second-order valence-electron chi connectivity index (χ2n) is 18.1. The van der Waals surface area contributed by atoms with Crippen LogP contribution < -0.4 is 23.8 Å². The number of aromatic nitrogens is 5. The Kier molecular flexibility index (Phi) is 13.2. The summed E-state index contributed by atoms with van der Waals surface area (Å²) < 4.78 is 25.5. The Balaban J connectivity index is 1.08. The lowest BCUT2D eigenvalue weighted by Crippen LogP contribution is -2.63. The summed E-state index contributed by atoms with van der Waals surface area (Å²) in [5, 5.41) is 5.55. The molecule has 4 atom stereocenters. The van der Waals surface area contributed by atoms with E-state index >= 15 is 4.79 Å². The molecule has 67 heavy (non-hydrogen) atoms. The molecule has 6 heterocycles. The molecule has 4 unspecified atom stereocenters. The molecule has 3 aliphatic heterocycles. The Morgan fingerprint density at radius 2 is 1.55 bits per heavy atom. The first kappa shape index (κ1) is 45.7. The highest BCUT2D eigenvalue weighted by Crippen LogP contribution is 2.59. The van der Waals surface area contributed by atoms with Crippen LogP contribution >= 0.6 is 0 Å². The number of nitrogens with zero attached hydrogens (tertiary/aromatic N) is 10. The van der Waals surface area contributed by atoms with Crippen LogP contribution in [0.15, 0.2) is 61.3 Å². The van der Waals surface area contributed by atoms with Crippen molar-refractivity contribution in [2.45, 2.75) is 63.6 Å². The van der Waals surface area contributed by atoms with Crippen molar-refractivity contribution in [2.75, 3.05) is 92.7 Å². The molecule has 354 valence electrons. The van der Waals surface area contributed by atoms with Crippen molar-refractivity contribution in [3.8, 4) is 23.0 Å². The van der Waals surface area contributed by atoms with Crippen LogP contribution in [0.1, 0.15) is 66.5 Å². The van der Waals surface area contributed by atoms with E-state index in [0.29, 0.717) is 94.5 Å². The third kappa shape index (κ3) is 8.35. The summed E-state index contributed by atoms with van der Waals surface area (Å²) in [7, 11) is 8.31. The highest BCUT2D eigenvalue weighted by atomic mass is 16.5. The molecule has 1 spiro atoms. The second kappa shape index (κ2) is 19.4. The third-order valence-electron chi connectivity index (χ3n) is 14.9. The highest BCUT2D eigenvalue weighted by molar-refractivity contribution is 5.87. The molecule has 0 N–H and O–H groups in total. The van der Waals surface area contributed by atoms with E-state index in [1.807, 2.05) is 27.9 Å². The SMILES string of the molecule is CCN1CCc2cc(OC)c(OC)cc2C1C1CC(C(=O)N2CCN(c3ncnc4c3cnn4Cc3ccncc3)CC2)CCC12c1cc(OC)c(OC)cc1CCN2C(=O)CCN(C)C=O. The van der Waals surface area contributed by atoms with Gasteiger partial charge in [0, 0.05) is 89.6 Å². The number of hydrogen-bond donors (Lipinski definition) is 0. The number of piperazine rings is 1. The minimum absolute atomic E-state index is 0.0202. The second-order valence-corrected chi connectivity index (χ2v) is 18.1. The molecule has 17 nitrogen and oxygen atoms in total. The van der Waals surface area contributed by atoms with Gasteiger partial charge in [-0.2, -0.15) is 5.10 Å². The Hall–Kier alpha value is -6.49. The van der Waals surface area contributed by atoms with E-state index in [0.717, 1.165) is 65.0 Å². The van der Waals surface area contributed by atoms with E-state index < -0.39 is 5.54 Å². The first-order valence-electron chi connectivity index (χ1n) is 23.5. The Morgan fingerprint density at radius 1 is 0.866 bits per heavy atom. The lowest BCUT2D eigenvalue weighted by Gasteiger charge is -2.59. The number of fused-ring (bicyclic) bond motifs is 4. The number of rotatable bonds is 14. The average molecular weight is 915 g/mol. The first-order chi connectivity index (χ1) is 32.6. The van der Waals surface area contributed by atoms with Crippen molar-refractivity contribution < 1.29 is 33.3 Å². The maximum absolute atomic E-state index is 15.2. The number of benzene rings is 2. The molecule has 2 aromatic carbocycles. The van der Waals surface area contributed by atoms with E-state index in [-0.39, 0.29) is 36.1 Å². The molecule has 3 amide bonds. The summed E-state index contributed by atoms with van der Waals surface area (Å²) in [4.78, 5) is 65.8. The fourth-order valence-corrected chi connectivity index (χ4v) is 11.6. The topological polar surface area (TPSA) is 161 Å². The van der Waals surface area contributed by atoms with E-state index in [1.165, 1.54) is 10.5 Å². The molecule has 9 rings (SSSR count). The molecule has 1 saturated heterocycles. The van der Waals surface area contributed by atoms with Crippen LogP contribution in [0, 0.1) is 11.8 Å². The summed E-state index contributed by atoms with van der Waals surface area (Å²) in [6.07, 6.45) is 11.0. The van der Waals surface area contributed by atoms with Gasteiger partial charge in [-0.05, 0) is 103 Å². The zero-order chi connectivity index (χ0) is 46.8. The molecule has 2 fully saturated rings. The molecule has 17 heteroatoms. The average Bonchev–Trinajstić information content (AvgIpc) is 3.79. The normalized spacial score (nSPS) is 21.7. The number of anilines is 1. The van der Waals surface area contributed by atoms with E-state index in [1.54, 1.807) is 54.2 Å². The maximum Gasteiger partial charge on any atom is 0.225 e. The van der Waals surface area contributed by atoms with E-state index in [9.17, 15) is 9.59 Å². The van der Waals surface area contributed by atoms with Crippen LogP contribution in [0.3, 0.4) is 0 Å². The number of carbonyl (C=O) groups is 3. The van der Waals surface area contributed by atoms with Gasteiger partial charge in [-0.1, -0.05) is 6.92 Å². The highest BCUT2D eigenvalue weighted by Gasteiger charge is 2.58. The van der Waals surface area contributed by atoms with Crippen molar-refractivity contribution in [1.29, 1.82) is 0 Å². The van der Waals surface area contributed by atoms with Gasteiger partial charge in [0.15, 0.2) is 28.6 Å². The number of pyridine rings is 1.